The summed E-state index contributed by atoms with van der Waals surface area (Å²) in [6.07, 6.45) is 0. The van der Waals surface area contributed by atoms with Crippen LogP contribution in [0.15, 0.2) is 27.4 Å². The van der Waals surface area contributed by atoms with Gasteiger partial charge in [-0.2, -0.15) is 5.26 Å². The predicted molar refractivity (Wildman–Crippen MR) is 58.2 cm³/mol. The van der Waals surface area contributed by atoms with Crippen molar-refractivity contribution in [2.24, 2.45) is 0 Å². The lowest BCUT2D eigenvalue weighted by atomic mass is 10.1. The highest BCUT2D eigenvalue weighted by molar-refractivity contribution is 5.84. The number of nitrogens with zero attached hydrogens (tertiary/aromatic N) is 1. The molecule has 1 heterocycles. The SMILES string of the molecule is COc1cccc2c(=O)c(C#N)c(N)oc12. The molecular weight excluding hydrogens is 208 g/mol. The van der Waals surface area contributed by atoms with E-state index in [1.807, 2.05) is 0 Å². The zero-order valence-corrected chi connectivity index (χ0v) is 8.48. The van der Waals surface area contributed by atoms with Crippen LogP contribution in [0.2, 0.25) is 0 Å². The van der Waals surface area contributed by atoms with Gasteiger partial charge < -0.3 is 14.9 Å². The van der Waals surface area contributed by atoms with Crippen LogP contribution in [0.4, 0.5) is 5.88 Å². The average molecular weight is 216 g/mol. The van der Waals surface area contributed by atoms with Crippen LogP contribution in [0.5, 0.6) is 5.75 Å². The Balaban J connectivity index is 2.99. The summed E-state index contributed by atoms with van der Waals surface area (Å²) in [5, 5.41) is 9.05. The van der Waals surface area contributed by atoms with E-state index in [4.69, 9.17) is 20.1 Å². The Hall–Kier alpha value is -2.48. The van der Waals surface area contributed by atoms with E-state index in [9.17, 15) is 4.79 Å². The Morgan fingerprint density at radius 2 is 2.25 bits per heavy atom. The summed E-state index contributed by atoms with van der Waals surface area (Å²) in [6, 6.07) is 6.58. The van der Waals surface area contributed by atoms with E-state index in [-0.39, 0.29) is 22.4 Å². The van der Waals surface area contributed by atoms with Crippen LogP contribution in [0.25, 0.3) is 11.0 Å². The van der Waals surface area contributed by atoms with Crippen molar-refractivity contribution >= 4 is 16.9 Å². The van der Waals surface area contributed by atoms with Crippen molar-refractivity contribution in [2.45, 2.75) is 0 Å². The second kappa shape index (κ2) is 3.59. The van der Waals surface area contributed by atoms with Gasteiger partial charge in [0.05, 0.1) is 12.5 Å². The molecule has 5 nitrogen and oxygen atoms in total. The molecule has 16 heavy (non-hydrogen) atoms. The van der Waals surface area contributed by atoms with Crippen molar-refractivity contribution in [3.8, 4) is 11.8 Å². The third-order valence-electron chi connectivity index (χ3n) is 2.24. The van der Waals surface area contributed by atoms with Gasteiger partial charge >= 0.3 is 0 Å². The molecule has 2 N–H and O–H groups in total. The molecule has 5 heteroatoms. The first-order valence-electron chi connectivity index (χ1n) is 4.48. The second-order valence-corrected chi connectivity index (χ2v) is 3.12. The van der Waals surface area contributed by atoms with Gasteiger partial charge in [0.15, 0.2) is 16.9 Å². The number of hydrogen-bond acceptors (Lipinski definition) is 5. The average Bonchev–Trinajstić information content (AvgIpc) is 2.29. The third-order valence-corrected chi connectivity index (χ3v) is 2.24. The highest BCUT2D eigenvalue weighted by Crippen LogP contribution is 2.25. The van der Waals surface area contributed by atoms with Crippen LogP contribution in [0.3, 0.4) is 0 Å². The van der Waals surface area contributed by atoms with Crippen molar-refractivity contribution in [1.82, 2.24) is 0 Å². The van der Waals surface area contributed by atoms with E-state index < -0.39 is 5.43 Å². The Labute approximate surface area is 90.7 Å². The molecule has 0 radical (unpaired) electrons. The lowest BCUT2D eigenvalue weighted by Crippen LogP contribution is -2.09. The second-order valence-electron chi connectivity index (χ2n) is 3.12. The zero-order chi connectivity index (χ0) is 11.7. The fraction of sp³-hybridized carbons (Fsp3) is 0.0909. The summed E-state index contributed by atoms with van der Waals surface area (Å²) in [7, 11) is 1.46. The van der Waals surface area contributed by atoms with Crippen LogP contribution in [0, 0.1) is 11.3 Å². The molecular formula is C11H8N2O3. The normalized spacial score (nSPS) is 10.0. The quantitative estimate of drug-likeness (QED) is 0.774. The standard InChI is InChI=1S/C11H8N2O3/c1-15-8-4-2-3-6-9(14)7(5-12)11(13)16-10(6)8/h2-4H,13H2,1H3. The molecule has 0 amide bonds. The number of para-hydroxylation sites is 1. The van der Waals surface area contributed by atoms with Gasteiger partial charge in [-0.3, -0.25) is 4.79 Å². The number of fused-ring (bicyclic) bond motifs is 1. The van der Waals surface area contributed by atoms with Gasteiger partial charge in [0.2, 0.25) is 11.3 Å². The number of anilines is 1. The summed E-state index contributed by atoms with van der Waals surface area (Å²) >= 11 is 0. The molecule has 2 rings (SSSR count). The molecule has 1 aromatic heterocycles. The molecule has 0 aliphatic carbocycles. The first kappa shape index (κ1) is 10.1. The summed E-state index contributed by atoms with van der Waals surface area (Å²) in [5.41, 5.74) is 5.11. The maximum absolute atomic E-state index is 11.8. The number of nitrogen functional groups attached to an aromatic ring is 1. The van der Waals surface area contributed by atoms with Crippen LogP contribution in [-0.2, 0) is 0 Å². The van der Waals surface area contributed by atoms with Crippen molar-refractivity contribution in [3.63, 3.8) is 0 Å². The highest BCUT2D eigenvalue weighted by atomic mass is 16.5. The minimum Gasteiger partial charge on any atom is -0.493 e. The molecule has 0 bridgehead atoms. The third kappa shape index (κ3) is 1.28. The van der Waals surface area contributed by atoms with Crippen LogP contribution < -0.4 is 15.9 Å². The van der Waals surface area contributed by atoms with Gasteiger partial charge in [0.1, 0.15) is 6.07 Å². The summed E-state index contributed by atoms with van der Waals surface area (Å²) < 4.78 is 10.3. The molecule has 0 saturated carbocycles. The van der Waals surface area contributed by atoms with Gasteiger partial charge in [-0.25, -0.2) is 0 Å². The highest BCUT2D eigenvalue weighted by Gasteiger charge is 2.14. The zero-order valence-electron chi connectivity index (χ0n) is 8.48. The number of methoxy groups -OCH3 is 1. The van der Waals surface area contributed by atoms with E-state index in [1.165, 1.54) is 7.11 Å². The first-order valence-corrected chi connectivity index (χ1v) is 4.48. The van der Waals surface area contributed by atoms with Crippen molar-refractivity contribution in [3.05, 3.63) is 34.0 Å². The summed E-state index contributed by atoms with van der Waals surface area (Å²) in [6.45, 7) is 0. The predicted octanol–water partition coefficient (Wildman–Crippen LogP) is 1.26. The lowest BCUT2D eigenvalue weighted by molar-refractivity contribution is 0.410. The van der Waals surface area contributed by atoms with Crippen molar-refractivity contribution in [2.75, 3.05) is 12.8 Å². The van der Waals surface area contributed by atoms with Crippen LogP contribution >= 0.6 is 0 Å². The molecule has 0 saturated heterocycles. The molecule has 1 aromatic carbocycles. The minimum atomic E-state index is -0.444. The smallest absolute Gasteiger partial charge is 0.213 e. The molecule has 2 aromatic rings. The fourth-order valence-electron chi connectivity index (χ4n) is 1.47. The van der Waals surface area contributed by atoms with Crippen molar-refractivity contribution < 1.29 is 9.15 Å². The molecule has 0 aliphatic heterocycles. The lowest BCUT2D eigenvalue weighted by Gasteiger charge is -2.05. The molecule has 80 valence electrons. The Bertz CT molecular complexity index is 653. The number of nitriles is 1. The summed E-state index contributed by atoms with van der Waals surface area (Å²) in [4.78, 5) is 11.8. The maximum Gasteiger partial charge on any atom is 0.213 e. The minimum absolute atomic E-state index is 0.180. The van der Waals surface area contributed by atoms with E-state index in [0.29, 0.717) is 5.75 Å². The van der Waals surface area contributed by atoms with Gasteiger partial charge in [0.25, 0.3) is 0 Å². The summed E-state index contributed by atoms with van der Waals surface area (Å²) in [5.74, 6) is 0.218. The number of benzene rings is 1. The Kier molecular flexibility index (Phi) is 2.25. The molecule has 0 spiro atoms. The molecule has 0 fully saturated rings. The molecule has 0 aliphatic rings. The molecule has 0 atom stereocenters. The Morgan fingerprint density at radius 1 is 1.50 bits per heavy atom. The fourth-order valence-corrected chi connectivity index (χ4v) is 1.47. The van der Waals surface area contributed by atoms with Gasteiger partial charge in [-0.05, 0) is 12.1 Å². The first-order chi connectivity index (χ1) is 7.69. The van der Waals surface area contributed by atoms with E-state index in [0.717, 1.165) is 0 Å². The number of nitrogens with two attached hydrogens (primary N) is 1. The van der Waals surface area contributed by atoms with Crippen LogP contribution in [-0.4, -0.2) is 7.11 Å². The molecule has 0 unspecified atom stereocenters. The maximum atomic E-state index is 11.8. The monoisotopic (exact) mass is 216 g/mol. The number of ether oxygens (including phenoxy) is 1. The van der Waals surface area contributed by atoms with E-state index in [1.54, 1.807) is 24.3 Å². The van der Waals surface area contributed by atoms with E-state index in [2.05, 4.69) is 0 Å². The Morgan fingerprint density at radius 3 is 2.88 bits per heavy atom. The number of hydrogen-bond donors (Lipinski definition) is 1. The number of rotatable bonds is 1. The largest absolute Gasteiger partial charge is 0.493 e. The van der Waals surface area contributed by atoms with E-state index >= 15 is 0 Å². The topological polar surface area (TPSA) is 89.2 Å². The van der Waals surface area contributed by atoms with Crippen molar-refractivity contribution in [1.29, 1.82) is 5.26 Å². The van der Waals surface area contributed by atoms with Gasteiger partial charge in [0, 0.05) is 0 Å². The van der Waals surface area contributed by atoms with Gasteiger partial charge in [-0.15, -0.1) is 0 Å². The van der Waals surface area contributed by atoms with Crippen LogP contribution in [0.1, 0.15) is 5.56 Å². The van der Waals surface area contributed by atoms with Gasteiger partial charge in [-0.1, -0.05) is 6.07 Å².